The van der Waals surface area contributed by atoms with Crippen LogP contribution in [0.25, 0.3) is 0 Å². The summed E-state index contributed by atoms with van der Waals surface area (Å²) in [4.78, 5) is 15.1. The lowest BCUT2D eigenvalue weighted by Gasteiger charge is -2.06. The third kappa shape index (κ3) is 2.00. The van der Waals surface area contributed by atoms with E-state index in [0.29, 0.717) is 12.4 Å². The highest BCUT2D eigenvalue weighted by molar-refractivity contribution is 5.87. The number of ether oxygens (including phenoxy) is 2. The Morgan fingerprint density at radius 3 is 2.71 bits per heavy atom. The van der Waals surface area contributed by atoms with Gasteiger partial charge in [-0.05, 0) is 12.1 Å². The summed E-state index contributed by atoms with van der Waals surface area (Å²) in [6.07, 6.45) is 0. The molecule has 1 aromatic heterocycles. The number of hydrogen-bond donors (Lipinski definition) is 1. The van der Waals surface area contributed by atoms with Gasteiger partial charge >= 0.3 is 5.97 Å². The number of nitrogens with two attached hydrogens (primary N) is 1. The highest BCUT2D eigenvalue weighted by atomic mass is 16.5. The predicted octanol–water partition coefficient (Wildman–Crippen LogP) is 0.336. The Hall–Kier alpha value is -1.62. The zero-order valence-electron chi connectivity index (χ0n) is 8.11. The Balaban J connectivity index is 3.07. The molecule has 0 spiro atoms. The smallest absolute Gasteiger partial charge is 0.356 e. The number of hydrogen-bond acceptors (Lipinski definition) is 5. The molecule has 0 atom stereocenters. The van der Waals surface area contributed by atoms with Gasteiger partial charge in [-0.25, -0.2) is 9.78 Å². The van der Waals surface area contributed by atoms with Crippen molar-refractivity contribution < 1.29 is 14.3 Å². The van der Waals surface area contributed by atoms with Crippen LogP contribution in [0.15, 0.2) is 12.1 Å². The number of nitrogens with zero attached hydrogens (tertiary/aromatic N) is 1. The molecule has 0 aromatic carbocycles. The van der Waals surface area contributed by atoms with E-state index in [4.69, 9.17) is 10.5 Å². The highest BCUT2D eigenvalue weighted by Gasteiger charge is 2.10. The fraction of sp³-hybridized carbons (Fsp3) is 0.333. The Labute approximate surface area is 81.8 Å². The zero-order chi connectivity index (χ0) is 10.6. The van der Waals surface area contributed by atoms with Crippen molar-refractivity contribution in [3.63, 3.8) is 0 Å². The fourth-order valence-electron chi connectivity index (χ4n) is 1.02. The molecular formula is C9H12N2O3. The van der Waals surface area contributed by atoms with Gasteiger partial charge in [-0.3, -0.25) is 0 Å². The van der Waals surface area contributed by atoms with Crippen molar-refractivity contribution in [3.8, 4) is 5.88 Å². The van der Waals surface area contributed by atoms with E-state index in [0.717, 1.165) is 5.56 Å². The summed E-state index contributed by atoms with van der Waals surface area (Å²) in [7, 11) is 2.77. The van der Waals surface area contributed by atoms with E-state index in [1.807, 2.05) is 0 Å². The second kappa shape index (κ2) is 4.57. The molecule has 0 aliphatic carbocycles. The maximum atomic E-state index is 11.1. The lowest BCUT2D eigenvalue weighted by atomic mass is 10.2. The molecule has 5 nitrogen and oxygen atoms in total. The topological polar surface area (TPSA) is 74.4 Å². The second-order valence-corrected chi connectivity index (χ2v) is 2.56. The maximum absolute atomic E-state index is 11.1. The molecule has 0 saturated heterocycles. The highest BCUT2D eigenvalue weighted by Crippen LogP contribution is 2.15. The van der Waals surface area contributed by atoms with E-state index in [9.17, 15) is 4.79 Å². The summed E-state index contributed by atoms with van der Waals surface area (Å²) in [5.74, 6) is -0.137. The molecular weight excluding hydrogens is 184 g/mol. The van der Waals surface area contributed by atoms with Gasteiger partial charge in [0.1, 0.15) is 0 Å². The van der Waals surface area contributed by atoms with Gasteiger partial charge in [0.25, 0.3) is 0 Å². The molecule has 0 aliphatic heterocycles. The lowest BCUT2D eigenvalue weighted by molar-refractivity contribution is 0.0593. The Morgan fingerprint density at radius 2 is 2.21 bits per heavy atom. The van der Waals surface area contributed by atoms with Crippen molar-refractivity contribution in [1.82, 2.24) is 4.98 Å². The third-order valence-electron chi connectivity index (χ3n) is 1.75. The molecule has 1 aromatic rings. The number of rotatable bonds is 3. The molecule has 0 bridgehead atoms. The molecule has 1 rings (SSSR count). The SMILES string of the molecule is COC(=O)c1ccc(CN)c(OC)n1. The van der Waals surface area contributed by atoms with Crippen LogP contribution >= 0.6 is 0 Å². The number of esters is 1. The van der Waals surface area contributed by atoms with Gasteiger partial charge in [0.2, 0.25) is 5.88 Å². The Kier molecular flexibility index (Phi) is 3.41. The van der Waals surface area contributed by atoms with Gasteiger partial charge < -0.3 is 15.2 Å². The van der Waals surface area contributed by atoms with Gasteiger partial charge in [0.05, 0.1) is 14.2 Å². The molecule has 0 amide bonds. The Bertz CT molecular complexity index is 339. The number of carbonyl (C=O) groups excluding carboxylic acids is 1. The molecule has 0 unspecified atom stereocenters. The van der Waals surface area contributed by atoms with Crippen molar-refractivity contribution in [1.29, 1.82) is 0 Å². The molecule has 76 valence electrons. The van der Waals surface area contributed by atoms with Gasteiger partial charge in [-0.15, -0.1) is 0 Å². The molecule has 1 heterocycles. The van der Waals surface area contributed by atoms with E-state index in [2.05, 4.69) is 9.72 Å². The third-order valence-corrected chi connectivity index (χ3v) is 1.75. The molecule has 0 saturated carbocycles. The molecule has 5 heteroatoms. The van der Waals surface area contributed by atoms with Crippen LogP contribution in [0, 0.1) is 0 Å². The first kappa shape index (κ1) is 10.5. The minimum absolute atomic E-state index is 0.210. The first-order valence-corrected chi connectivity index (χ1v) is 4.05. The van der Waals surface area contributed by atoms with Crippen LogP contribution in [0.1, 0.15) is 16.1 Å². The quantitative estimate of drug-likeness (QED) is 0.705. The summed E-state index contributed by atoms with van der Waals surface area (Å²) >= 11 is 0. The normalized spacial score (nSPS) is 9.64. The lowest BCUT2D eigenvalue weighted by Crippen LogP contribution is -2.08. The van der Waals surface area contributed by atoms with Gasteiger partial charge in [-0.2, -0.15) is 0 Å². The van der Waals surface area contributed by atoms with E-state index in [1.54, 1.807) is 12.1 Å². The van der Waals surface area contributed by atoms with Crippen molar-refractivity contribution in [2.24, 2.45) is 5.73 Å². The predicted molar refractivity (Wildman–Crippen MR) is 50.0 cm³/mol. The summed E-state index contributed by atoms with van der Waals surface area (Å²) in [5.41, 5.74) is 6.41. The minimum atomic E-state index is -0.494. The van der Waals surface area contributed by atoms with Crippen LogP contribution in [-0.4, -0.2) is 25.2 Å². The van der Waals surface area contributed by atoms with E-state index < -0.39 is 5.97 Å². The fourth-order valence-corrected chi connectivity index (χ4v) is 1.02. The average molecular weight is 196 g/mol. The molecule has 0 fully saturated rings. The van der Waals surface area contributed by atoms with Crippen molar-refractivity contribution in [3.05, 3.63) is 23.4 Å². The Morgan fingerprint density at radius 1 is 1.50 bits per heavy atom. The second-order valence-electron chi connectivity index (χ2n) is 2.56. The van der Waals surface area contributed by atoms with Crippen molar-refractivity contribution >= 4 is 5.97 Å². The summed E-state index contributed by atoms with van der Waals surface area (Å²) in [5, 5.41) is 0. The number of methoxy groups -OCH3 is 2. The first-order chi connectivity index (χ1) is 6.72. The van der Waals surface area contributed by atoms with E-state index in [-0.39, 0.29) is 5.69 Å². The van der Waals surface area contributed by atoms with E-state index in [1.165, 1.54) is 14.2 Å². The average Bonchev–Trinajstić information content (AvgIpc) is 2.26. The number of carbonyl (C=O) groups is 1. The first-order valence-electron chi connectivity index (χ1n) is 4.05. The molecule has 0 aliphatic rings. The van der Waals surface area contributed by atoms with Crippen molar-refractivity contribution in [2.75, 3.05) is 14.2 Å². The summed E-state index contributed by atoms with van der Waals surface area (Å²) in [6.45, 7) is 0.317. The van der Waals surface area contributed by atoms with Gasteiger partial charge in [-0.1, -0.05) is 0 Å². The van der Waals surface area contributed by atoms with Crippen LogP contribution in [0.5, 0.6) is 5.88 Å². The molecule has 14 heavy (non-hydrogen) atoms. The largest absolute Gasteiger partial charge is 0.481 e. The minimum Gasteiger partial charge on any atom is -0.481 e. The zero-order valence-corrected chi connectivity index (χ0v) is 8.11. The van der Waals surface area contributed by atoms with E-state index >= 15 is 0 Å². The molecule has 0 radical (unpaired) electrons. The van der Waals surface area contributed by atoms with Crippen LogP contribution in [0.3, 0.4) is 0 Å². The van der Waals surface area contributed by atoms with Gasteiger partial charge in [0, 0.05) is 12.1 Å². The summed E-state index contributed by atoms with van der Waals surface area (Å²) < 4.78 is 9.49. The maximum Gasteiger partial charge on any atom is 0.356 e. The summed E-state index contributed by atoms with van der Waals surface area (Å²) in [6, 6.07) is 3.24. The molecule has 2 N–H and O–H groups in total. The standard InChI is InChI=1S/C9H12N2O3/c1-13-8-6(5-10)3-4-7(11-8)9(12)14-2/h3-4H,5,10H2,1-2H3. The number of pyridine rings is 1. The monoisotopic (exact) mass is 196 g/mol. The van der Waals surface area contributed by atoms with Crippen molar-refractivity contribution in [2.45, 2.75) is 6.54 Å². The van der Waals surface area contributed by atoms with Crippen LogP contribution in [0.4, 0.5) is 0 Å². The van der Waals surface area contributed by atoms with Crippen LogP contribution in [0.2, 0.25) is 0 Å². The van der Waals surface area contributed by atoms with Crippen LogP contribution in [-0.2, 0) is 11.3 Å². The van der Waals surface area contributed by atoms with Gasteiger partial charge in [0.15, 0.2) is 5.69 Å². The van der Waals surface area contributed by atoms with Crippen LogP contribution < -0.4 is 10.5 Å². The number of aromatic nitrogens is 1.